The number of halogens is 13. The first kappa shape index (κ1) is 88.2. The zero-order valence-electron chi connectivity index (χ0n) is 68.4. The van der Waals surface area contributed by atoms with Gasteiger partial charge in [0.25, 0.3) is 34.4 Å². The summed E-state index contributed by atoms with van der Waals surface area (Å²) in [6, 6.07) is 38.0. The van der Waals surface area contributed by atoms with Crippen molar-refractivity contribution in [3.63, 3.8) is 0 Å². The number of hydrogen-bond donors (Lipinski definition) is 6. The molecule has 30 nitrogen and oxygen atoms in total. The normalized spacial score (nSPS) is 11.6. The van der Waals surface area contributed by atoms with E-state index in [2.05, 4.69) is 76.0 Å². The number of benzene rings is 9. The fourth-order valence-corrected chi connectivity index (χ4v) is 14.6. The summed E-state index contributed by atoms with van der Waals surface area (Å²) in [5.74, 6) is -8.92. The van der Waals surface area contributed by atoms with E-state index in [4.69, 9.17) is 14.2 Å². The Bertz CT molecular complexity index is 7740. The molecule has 10 heterocycles. The van der Waals surface area contributed by atoms with Gasteiger partial charge in [0.15, 0.2) is 34.7 Å². The molecule has 0 saturated carbocycles. The van der Waals surface area contributed by atoms with E-state index in [0.29, 0.717) is 66.2 Å². The summed E-state index contributed by atoms with van der Waals surface area (Å²) in [5.41, 5.74) is 2.64. The molecule has 676 valence electrons. The first-order chi connectivity index (χ1) is 64.4. The molecule has 1 aliphatic rings. The van der Waals surface area contributed by atoms with Gasteiger partial charge in [0.1, 0.15) is 51.4 Å². The molecule has 1 aliphatic heterocycles. The Labute approximate surface area is 741 Å². The highest BCUT2D eigenvalue weighted by atomic mass is 19.4. The number of rotatable bonds is 23. The fraction of sp³-hybridized carbons (Fsp3) is 0.0769. The molecular formula is C91H59F13N18O12. The smallest absolute Gasteiger partial charge is 0.454 e. The van der Waals surface area contributed by atoms with Gasteiger partial charge in [0, 0.05) is 142 Å². The molecule has 9 aromatic heterocycles. The minimum atomic E-state index is -5.16. The first-order valence-electron chi connectivity index (χ1n) is 39.4. The van der Waals surface area contributed by atoms with Crippen LogP contribution in [0.1, 0.15) is 36.6 Å². The number of nitrogens with zero attached hydrogens (tertiary/aromatic N) is 12. The summed E-state index contributed by atoms with van der Waals surface area (Å²) in [5, 5.41) is 42.6. The van der Waals surface area contributed by atoms with Crippen molar-refractivity contribution in [1.82, 2.24) is 73.6 Å². The summed E-state index contributed by atoms with van der Waals surface area (Å²) in [4.78, 5) is 78.8. The third-order valence-electron chi connectivity index (χ3n) is 20.7. The van der Waals surface area contributed by atoms with Gasteiger partial charge in [-0.3, -0.25) is 58.1 Å². The Morgan fingerprint density at radius 3 is 1.13 bits per heavy atom. The van der Waals surface area contributed by atoms with E-state index in [1.807, 2.05) is 16.8 Å². The van der Waals surface area contributed by atoms with Gasteiger partial charge in [-0.2, -0.15) is 48.2 Å². The number of carbonyl (C=O) groups excluding carboxylic acids is 3. The number of H-pyrrole nitrogens is 3. The van der Waals surface area contributed by atoms with Crippen molar-refractivity contribution in [2.24, 2.45) is 14.1 Å². The number of ether oxygens (including phenoxy) is 6. The largest absolute Gasteiger partial charge is 0.574 e. The van der Waals surface area contributed by atoms with E-state index < -0.39 is 123 Å². The van der Waals surface area contributed by atoms with Crippen molar-refractivity contribution in [2.75, 3.05) is 16.0 Å². The topological polar surface area (TPSA) is 348 Å². The second-order valence-electron chi connectivity index (χ2n) is 29.1. The highest BCUT2D eigenvalue weighted by molar-refractivity contribution is 6.06. The van der Waals surface area contributed by atoms with Crippen LogP contribution in [0.15, 0.2) is 264 Å². The maximum absolute atomic E-state index is 15.4. The quantitative estimate of drug-likeness (QED) is 0.0324. The van der Waals surface area contributed by atoms with Gasteiger partial charge in [0.2, 0.25) is 17.6 Å². The number of nitrogens with one attached hydrogen (secondary N) is 6. The minimum Gasteiger partial charge on any atom is -0.454 e. The maximum atomic E-state index is 15.4. The van der Waals surface area contributed by atoms with E-state index in [-0.39, 0.29) is 51.4 Å². The van der Waals surface area contributed by atoms with Crippen molar-refractivity contribution in [3.8, 4) is 103 Å². The number of carbonyl (C=O) groups is 3. The average molecular weight is 1840 g/mol. The lowest BCUT2D eigenvalue weighted by molar-refractivity contribution is -0.276. The molecule has 19 rings (SSSR count). The summed E-state index contributed by atoms with van der Waals surface area (Å²) < 4.78 is 215. The summed E-state index contributed by atoms with van der Waals surface area (Å²) in [6.07, 6.45) is 10.4. The molecule has 0 atom stereocenters. The lowest BCUT2D eigenvalue weighted by atomic mass is 9.98. The van der Waals surface area contributed by atoms with E-state index in [9.17, 15) is 72.7 Å². The molecule has 0 saturated heterocycles. The van der Waals surface area contributed by atoms with Crippen LogP contribution >= 0.6 is 0 Å². The Kier molecular flexibility index (Phi) is 24.2. The maximum Gasteiger partial charge on any atom is 0.574 e. The molecule has 0 unspecified atom stereocenters. The van der Waals surface area contributed by atoms with Crippen LogP contribution < -0.4 is 61.0 Å². The standard InChI is InChI=1S/C31H20F4N6O4.C30H19F5N6O4.C30H20F4N6O4/c32-18-1-4-20(5-2-18)41-26(45-31(34)35)8-6-22(30(41)43)29(42)39-19-3-7-24(23(33)12-19)44-25-11-16-15-38-40-10-9-21(28(16)40)27(25)17-13-36-37-14-17;1-40-24-12-22(17-13-36-37-14-17)26(10-16(24)15-38-40)44-25-8-4-19(11-23(25)32)39-28(42)21-7-9-27(45-30(33,34)35)41(29(21)43)20-5-2-18(31)3-6-20;1-39-24-12-22(17-13-35-36-14-17)26(10-16(24)15-37-39)43-25-8-4-19(11-23(25)32)38-28(41)21-7-9-27(44-30(33)34)40(29(21)42)20-5-2-18(31)3-6-20/h1-8,11-15,31H,9-10H2,(H,36,37)(H,39,42);2-15H,1H3,(H,36,37)(H,39,42);2-15,30H,1H3,(H,35,36)(H,38,41). The molecule has 0 spiro atoms. The van der Waals surface area contributed by atoms with Gasteiger partial charge in [-0.05, 0) is 170 Å². The molecule has 9 aromatic carbocycles. The average Bonchev–Trinajstić information content (AvgIpc) is 1.59. The van der Waals surface area contributed by atoms with Crippen LogP contribution in [-0.2, 0) is 27.1 Å². The molecule has 0 aliphatic carbocycles. The number of alkyl halides is 7. The Morgan fingerprint density at radius 2 is 0.761 bits per heavy atom. The van der Waals surface area contributed by atoms with Gasteiger partial charge in [-0.25, -0.2) is 40.0 Å². The van der Waals surface area contributed by atoms with Crippen molar-refractivity contribution in [3.05, 3.63) is 338 Å². The zero-order valence-corrected chi connectivity index (χ0v) is 68.4. The number of aryl methyl sites for hydroxylation is 4. The number of hydrogen-bond acceptors (Lipinski definition) is 18. The van der Waals surface area contributed by atoms with Crippen molar-refractivity contribution >= 4 is 67.5 Å². The highest BCUT2D eigenvalue weighted by Gasteiger charge is 2.35. The summed E-state index contributed by atoms with van der Waals surface area (Å²) >= 11 is 0. The molecule has 134 heavy (non-hydrogen) atoms. The lowest BCUT2D eigenvalue weighted by Crippen LogP contribution is -2.31. The van der Waals surface area contributed by atoms with Gasteiger partial charge < -0.3 is 44.4 Å². The Morgan fingerprint density at radius 1 is 0.403 bits per heavy atom. The minimum absolute atomic E-state index is 0.00381. The molecule has 0 fully saturated rings. The van der Waals surface area contributed by atoms with Crippen molar-refractivity contribution in [2.45, 2.75) is 32.6 Å². The molecule has 6 N–H and O–H groups in total. The van der Waals surface area contributed by atoms with Gasteiger partial charge >= 0.3 is 19.6 Å². The highest BCUT2D eigenvalue weighted by Crippen LogP contribution is 2.45. The molecule has 3 amide bonds. The number of aromatic nitrogens is 15. The third-order valence-corrected chi connectivity index (χ3v) is 20.7. The van der Waals surface area contributed by atoms with E-state index in [1.54, 1.807) is 97.4 Å². The molecule has 0 radical (unpaired) electrons. The number of anilines is 3. The van der Waals surface area contributed by atoms with Crippen LogP contribution in [0.4, 0.5) is 74.1 Å². The van der Waals surface area contributed by atoms with Crippen molar-refractivity contribution < 1.29 is 99.9 Å². The lowest BCUT2D eigenvalue weighted by Gasteiger charge is -2.16. The fourth-order valence-electron chi connectivity index (χ4n) is 14.6. The SMILES string of the molecule is Cn1ncc2cc(Oc3ccc(NC(=O)c4ccc(OC(F)(F)F)n(-c5ccc(F)cc5)c4=O)cc3F)c(-c3cn[nH]c3)cc21.Cn1ncc2cc(Oc3ccc(NC(=O)c4ccc(OC(F)F)n(-c5ccc(F)cc5)c4=O)cc3F)c(-c3cn[nH]c3)cc21.O=C(Nc1ccc(Oc2cc3cnn4c3c(c2-c2cn[nH]c2)CC4)c(F)c1)c1ccc(OC(F)F)n(-c2ccc(F)cc2)c1=O. The predicted molar refractivity (Wildman–Crippen MR) is 457 cm³/mol. The zero-order chi connectivity index (χ0) is 94.1. The van der Waals surface area contributed by atoms with E-state index in [0.717, 1.165) is 165 Å². The monoisotopic (exact) mass is 1840 g/mol. The molecular weight excluding hydrogens is 1780 g/mol. The van der Waals surface area contributed by atoms with Crippen LogP contribution in [0.5, 0.6) is 52.1 Å². The number of aromatic amines is 3. The van der Waals surface area contributed by atoms with Crippen LogP contribution in [-0.4, -0.2) is 111 Å². The van der Waals surface area contributed by atoms with E-state index >= 15 is 13.2 Å². The van der Waals surface area contributed by atoms with Gasteiger partial charge in [0.05, 0.1) is 70.8 Å². The van der Waals surface area contributed by atoms with Crippen LogP contribution in [0.25, 0.3) is 83.2 Å². The summed E-state index contributed by atoms with van der Waals surface area (Å²) in [7, 11) is 3.57. The second kappa shape index (κ2) is 36.7. The molecule has 43 heteroatoms. The third kappa shape index (κ3) is 18.6. The van der Waals surface area contributed by atoms with Gasteiger partial charge in [-0.15, -0.1) is 13.2 Å². The van der Waals surface area contributed by atoms with Crippen LogP contribution in [0.2, 0.25) is 0 Å². The second-order valence-corrected chi connectivity index (χ2v) is 29.1. The van der Waals surface area contributed by atoms with Crippen LogP contribution in [0, 0.1) is 34.9 Å². The summed E-state index contributed by atoms with van der Waals surface area (Å²) in [6.45, 7) is -5.84. The van der Waals surface area contributed by atoms with Crippen molar-refractivity contribution in [1.29, 1.82) is 0 Å². The first-order valence-corrected chi connectivity index (χ1v) is 39.4. The molecule has 0 bridgehead atoms. The Balaban J connectivity index is 0.000000140. The Hall–Kier alpha value is -17.8. The van der Waals surface area contributed by atoms with Crippen LogP contribution in [0.3, 0.4) is 0 Å². The van der Waals surface area contributed by atoms with E-state index in [1.165, 1.54) is 48.5 Å². The number of pyridine rings is 3. The van der Waals surface area contributed by atoms with Gasteiger partial charge in [-0.1, -0.05) is 0 Å². The molecule has 18 aromatic rings. The predicted octanol–water partition coefficient (Wildman–Crippen LogP) is 18.4. The number of amides is 3. The number of fused-ring (bicyclic) bond motifs is 2.